The monoisotopic (exact) mass is 366 g/mol. The van der Waals surface area contributed by atoms with Gasteiger partial charge in [-0.2, -0.15) is 0 Å². The normalized spacial score (nSPS) is 21.9. The standard InChI is InChI=1S/C21H23FN4O/c22-17-3-1-2-15-4-5-18(25-19(15)17)20-24-10-11-26(20)13-16-12-21(14-27-16)6-8-23-9-7-21/h1-5,10-11,16,23H,6-9,12-14H2. The Balaban J connectivity index is 1.39. The SMILES string of the molecule is Fc1cccc2ccc(-c3nccn3CC3CC4(CCNCC4)CO3)nc12. The van der Waals surface area contributed by atoms with Crippen molar-refractivity contribution in [3.05, 3.63) is 48.5 Å². The summed E-state index contributed by atoms with van der Waals surface area (Å²) in [5, 5.41) is 4.23. The lowest BCUT2D eigenvalue weighted by molar-refractivity contribution is 0.0777. The molecule has 0 aliphatic carbocycles. The lowest BCUT2D eigenvalue weighted by Crippen LogP contribution is -2.37. The molecule has 27 heavy (non-hydrogen) atoms. The van der Waals surface area contributed by atoms with Crippen molar-refractivity contribution in [3.63, 3.8) is 0 Å². The number of nitrogens with one attached hydrogen (secondary N) is 1. The third-order valence-corrected chi connectivity index (χ3v) is 5.97. The number of imidazole rings is 1. The minimum atomic E-state index is -0.306. The molecular weight excluding hydrogens is 343 g/mol. The fraction of sp³-hybridized carbons (Fsp3) is 0.429. The van der Waals surface area contributed by atoms with Crippen LogP contribution in [0.15, 0.2) is 42.7 Å². The number of halogens is 1. The van der Waals surface area contributed by atoms with Gasteiger partial charge in [-0.25, -0.2) is 14.4 Å². The van der Waals surface area contributed by atoms with E-state index < -0.39 is 0 Å². The number of para-hydroxylation sites is 1. The van der Waals surface area contributed by atoms with Crippen LogP contribution in [0, 0.1) is 11.2 Å². The highest BCUT2D eigenvalue weighted by Gasteiger charge is 2.40. The van der Waals surface area contributed by atoms with Crippen LogP contribution >= 0.6 is 0 Å². The van der Waals surface area contributed by atoms with Crippen LogP contribution in [0.25, 0.3) is 22.4 Å². The van der Waals surface area contributed by atoms with E-state index in [1.807, 2.05) is 24.4 Å². The van der Waals surface area contributed by atoms with Crippen LogP contribution in [-0.4, -0.2) is 40.3 Å². The molecule has 0 radical (unpaired) electrons. The first-order valence-electron chi connectivity index (χ1n) is 9.62. The molecule has 1 unspecified atom stereocenters. The first-order valence-corrected chi connectivity index (χ1v) is 9.62. The number of hydrogen-bond donors (Lipinski definition) is 1. The van der Waals surface area contributed by atoms with Crippen LogP contribution < -0.4 is 5.32 Å². The van der Waals surface area contributed by atoms with E-state index in [9.17, 15) is 4.39 Å². The van der Waals surface area contributed by atoms with Gasteiger partial charge in [0.2, 0.25) is 0 Å². The number of rotatable bonds is 3. The maximum atomic E-state index is 14.1. The third kappa shape index (κ3) is 3.13. The Morgan fingerprint density at radius 1 is 1.22 bits per heavy atom. The predicted molar refractivity (Wildman–Crippen MR) is 102 cm³/mol. The van der Waals surface area contributed by atoms with Crippen molar-refractivity contribution in [2.24, 2.45) is 5.41 Å². The zero-order valence-electron chi connectivity index (χ0n) is 15.2. The molecule has 2 saturated heterocycles. The van der Waals surface area contributed by atoms with Gasteiger partial charge >= 0.3 is 0 Å². The van der Waals surface area contributed by atoms with Gasteiger partial charge in [0.05, 0.1) is 19.3 Å². The van der Waals surface area contributed by atoms with Gasteiger partial charge in [-0.1, -0.05) is 18.2 Å². The van der Waals surface area contributed by atoms with Gasteiger partial charge in [-0.05, 0) is 49.9 Å². The van der Waals surface area contributed by atoms with E-state index in [0.717, 1.165) is 43.9 Å². The Morgan fingerprint density at radius 2 is 2.11 bits per heavy atom. The summed E-state index contributed by atoms with van der Waals surface area (Å²) in [6.45, 7) is 3.77. The van der Waals surface area contributed by atoms with Gasteiger partial charge in [-0.15, -0.1) is 0 Å². The summed E-state index contributed by atoms with van der Waals surface area (Å²) >= 11 is 0. The van der Waals surface area contributed by atoms with Crippen LogP contribution in [0.5, 0.6) is 0 Å². The van der Waals surface area contributed by atoms with E-state index in [0.29, 0.717) is 16.6 Å². The molecule has 2 aromatic heterocycles. The number of piperidine rings is 1. The fourth-order valence-corrected chi connectivity index (χ4v) is 4.46. The molecule has 3 aromatic rings. The molecule has 2 aliphatic heterocycles. The molecule has 5 rings (SSSR count). The number of hydrogen-bond acceptors (Lipinski definition) is 4. The van der Waals surface area contributed by atoms with Gasteiger partial charge in [0.15, 0.2) is 5.82 Å². The van der Waals surface area contributed by atoms with Crippen molar-refractivity contribution >= 4 is 10.9 Å². The summed E-state index contributed by atoms with van der Waals surface area (Å²) in [5.74, 6) is 0.453. The summed E-state index contributed by atoms with van der Waals surface area (Å²) < 4.78 is 22.3. The average Bonchev–Trinajstić information content (AvgIpc) is 3.30. The number of nitrogens with zero attached hydrogens (tertiary/aromatic N) is 3. The molecule has 0 bridgehead atoms. The second kappa shape index (κ2) is 6.69. The molecule has 1 aromatic carbocycles. The van der Waals surface area contributed by atoms with Gasteiger partial charge in [-0.3, -0.25) is 0 Å². The van der Waals surface area contributed by atoms with Crippen LogP contribution in [-0.2, 0) is 11.3 Å². The quantitative estimate of drug-likeness (QED) is 0.772. The lowest BCUT2D eigenvalue weighted by atomic mass is 9.77. The van der Waals surface area contributed by atoms with Crippen LogP contribution in [0.2, 0.25) is 0 Å². The zero-order chi connectivity index (χ0) is 18.3. The van der Waals surface area contributed by atoms with Crippen molar-refractivity contribution < 1.29 is 9.13 Å². The van der Waals surface area contributed by atoms with E-state index in [2.05, 4.69) is 19.9 Å². The summed E-state index contributed by atoms with van der Waals surface area (Å²) in [5.41, 5.74) is 1.41. The van der Waals surface area contributed by atoms with E-state index in [4.69, 9.17) is 4.74 Å². The molecule has 140 valence electrons. The second-order valence-electron chi connectivity index (χ2n) is 7.80. The van der Waals surface area contributed by atoms with Crippen LogP contribution in [0.1, 0.15) is 19.3 Å². The molecule has 2 fully saturated rings. The molecule has 0 saturated carbocycles. The third-order valence-electron chi connectivity index (χ3n) is 5.97. The van der Waals surface area contributed by atoms with Crippen molar-refractivity contribution in [1.29, 1.82) is 0 Å². The van der Waals surface area contributed by atoms with Gasteiger partial charge in [0.1, 0.15) is 17.0 Å². The Morgan fingerprint density at radius 3 is 3.00 bits per heavy atom. The maximum absolute atomic E-state index is 14.1. The van der Waals surface area contributed by atoms with Crippen molar-refractivity contribution in [2.45, 2.75) is 31.9 Å². The second-order valence-corrected chi connectivity index (χ2v) is 7.80. The number of benzene rings is 1. The molecule has 1 N–H and O–H groups in total. The molecular formula is C21H23FN4O. The Hall–Kier alpha value is -2.31. The first-order chi connectivity index (χ1) is 13.2. The molecule has 1 atom stereocenters. The van der Waals surface area contributed by atoms with E-state index in [1.54, 1.807) is 12.3 Å². The van der Waals surface area contributed by atoms with Crippen LogP contribution in [0.4, 0.5) is 4.39 Å². The summed E-state index contributed by atoms with van der Waals surface area (Å²) in [7, 11) is 0. The highest BCUT2D eigenvalue weighted by molar-refractivity contribution is 5.81. The Labute approximate surface area is 157 Å². The molecule has 1 spiro atoms. The van der Waals surface area contributed by atoms with Gasteiger partial charge < -0.3 is 14.6 Å². The zero-order valence-corrected chi connectivity index (χ0v) is 15.2. The number of aromatic nitrogens is 3. The highest BCUT2D eigenvalue weighted by atomic mass is 19.1. The van der Waals surface area contributed by atoms with Crippen molar-refractivity contribution in [3.8, 4) is 11.5 Å². The number of fused-ring (bicyclic) bond motifs is 1. The van der Waals surface area contributed by atoms with Crippen molar-refractivity contribution in [2.75, 3.05) is 19.7 Å². The van der Waals surface area contributed by atoms with E-state index in [-0.39, 0.29) is 11.9 Å². The smallest absolute Gasteiger partial charge is 0.158 e. The maximum Gasteiger partial charge on any atom is 0.158 e. The summed E-state index contributed by atoms with van der Waals surface area (Å²) in [6, 6.07) is 8.82. The predicted octanol–water partition coefficient (Wildman–Crippen LogP) is 3.40. The highest BCUT2D eigenvalue weighted by Crippen LogP contribution is 2.41. The molecule has 2 aliphatic rings. The molecule has 5 nitrogen and oxygen atoms in total. The van der Waals surface area contributed by atoms with Crippen LogP contribution in [0.3, 0.4) is 0 Å². The fourth-order valence-electron chi connectivity index (χ4n) is 4.46. The van der Waals surface area contributed by atoms with Crippen molar-refractivity contribution in [1.82, 2.24) is 19.9 Å². The minimum absolute atomic E-state index is 0.188. The number of pyridine rings is 1. The van der Waals surface area contributed by atoms with Gasteiger partial charge in [0, 0.05) is 17.8 Å². The molecule has 6 heteroatoms. The van der Waals surface area contributed by atoms with E-state index >= 15 is 0 Å². The number of ether oxygens (including phenoxy) is 1. The molecule has 0 amide bonds. The van der Waals surface area contributed by atoms with E-state index in [1.165, 1.54) is 18.9 Å². The molecule has 4 heterocycles. The topological polar surface area (TPSA) is 52.0 Å². The average molecular weight is 366 g/mol. The van der Waals surface area contributed by atoms with Gasteiger partial charge in [0.25, 0.3) is 0 Å². The largest absolute Gasteiger partial charge is 0.376 e. The lowest BCUT2D eigenvalue weighted by Gasteiger charge is -2.32. The first kappa shape index (κ1) is 16.8. The minimum Gasteiger partial charge on any atom is -0.376 e. The summed E-state index contributed by atoms with van der Waals surface area (Å²) in [6.07, 6.45) is 7.38. The Bertz CT molecular complexity index is 964. The summed E-state index contributed by atoms with van der Waals surface area (Å²) in [4.78, 5) is 9.01. The Kier molecular flexibility index (Phi) is 4.17.